The standard InChI is InChI=1S/C5H6OS/c1-2-5-3-4-7-6-5/h1,5H,3-4H2. The molecular weight excluding hydrogens is 108 g/mol. The van der Waals surface area contributed by atoms with Gasteiger partial charge in [0, 0.05) is 5.75 Å². The lowest BCUT2D eigenvalue weighted by atomic mass is 10.3. The third-order valence-corrected chi connectivity index (χ3v) is 1.60. The summed E-state index contributed by atoms with van der Waals surface area (Å²) in [7, 11) is 0. The van der Waals surface area contributed by atoms with Crippen LogP contribution in [0.2, 0.25) is 0 Å². The van der Waals surface area contributed by atoms with Crippen molar-refractivity contribution < 1.29 is 4.18 Å². The first-order chi connectivity index (χ1) is 3.43. The van der Waals surface area contributed by atoms with Crippen molar-refractivity contribution in [3.63, 3.8) is 0 Å². The minimum atomic E-state index is 0.0880. The molecule has 7 heavy (non-hydrogen) atoms. The maximum atomic E-state index is 5.05. The van der Waals surface area contributed by atoms with Gasteiger partial charge in [0.25, 0.3) is 0 Å². The van der Waals surface area contributed by atoms with Gasteiger partial charge in [0.15, 0.2) is 0 Å². The Hall–Kier alpha value is -0.130. The average molecular weight is 114 g/mol. The van der Waals surface area contributed by atoms with Gasteiger partial charge in [0.2, 0.25) is 0 Å². The molecular formula is C5H6OS. The Morgan fingerprint density at radius 3 is 3.00 bits per heavy atom. The van der Waals surface area contributed by atoms with Gasteiger partial charge in [-0.2, -0.15) is 0 Å². The van der Waals surface area contributed by atoms with Crippen LogP contribution in [0.1, 0.15) is 6.42 Å². The summed E-state index contributed by atoms with van der Waals surface area (Å²) in [6.45, 7) is 0. The molecule has 0 radical (unpaired) electrons. The molecule has 0 saturated carbocycles. The number of rotatable bonds is 0. The monoisotopic (exact) mass is 114 g/mol. The van der Waals surface area contributed by atoms with Crippen molar-refractivity contribution in [3.8, 4) is 12.3 Å². The highest BCUT2D eigenvalue weighted by Gasteiger charge is 2.11. The van der Waals surface area contributed by atoms with Crippen LogP contribution in [0, 0.1) is 12.3 Å². The molecule has 0 aliphatic carbocycles. The van der Waals surface area contributed by atoms with Crippen molar-refractivity contribution >= 4 is 12.0 Å². The maximum absolute atomic E-state index is 5.05. The van der Waals surface area contributed by atoms with Gasteiger partial charge in [-0.25, -0.2) is 0 Å². The molecule has 0 spiro atoms. The molecule has 38 valence electrons. The zero-order valence-corrected chi connectivity index (χ0v) is 4.70. The topological polar surface area (TPSA) is 9.23 Å². The second-order valence-corrected chi connectivity index (χ2v) is 2.20. The van der Waals surface area contributed by atoms with Gasteiger partial charge >= 0.3 is 0 Å². The molecule has 1 heterocycles. The molecule has 0 aromatic heterocycles. The van der Waals surface area contributed by atoms with E-state index in [4.69, 9.17) is 10.6 Å². The van der Waals surface area contributed by atoms with Gasteiger partial charge in [-0.15, -0.1) is 6.42 Å². The Morgan fingerprint density at radius 1 is 1.86 bits per heavy atom. The molecule has 1 unspecified atom stereocenters. The van der Waals surface area contributed by atoms with Crippen molar-refractivity contribution in [2.45, 2.75) is 12.5 Å². The van der Waals surface area contributed by atoms with E-state index in [9.17, 15) is 0 Å². The molecule has 2 heteroatoms. The number of hydrogen-bond acceptors (Lipinski definition) is 2. The smallest absolute Gasteiger partial charge is 0.133 e. The molecule has 0 amide bonds. The van der Waals surface area contributed by atoms with Gasteiger partial charge in [-0.05, 0) is 18.5 Å². The van der Waals surface area contributed by atoms with Crippen LogP contribution < -0.4 is 0 Å². The van der Waals surface area contributed by atoms with Gasteiger partial charge in [0.1, 0.15) is 6.10 Å². The lowest BCUT2D eigenvalue weighted by molar-refractivity contribution is 0.331. The normalized spacial score (nSPS) is 29.9. The Kier molecular flexibility index (Phi) is 1.61. The van der Waals surface area contributed by atoms with Crippen molar-refractivity contribution in [1.29, 1.82) is 0 Å². The molecule has 1 nitrogen and oxygen atoms in total. The summed E-state index contributed by atoms with van der Waals surface area (Å²) in [6.07, 6.45) is 6.15. The van der Waals surface area contributed by atoms with Gasteiger partial charge in [0.05, 0.1) is 0 Å². The first-order valence-corrected chi connectivity index (χ1v) is 3.09. The Morgan fingerprint density at radius 2 is 2.71 bits per heavy atom. The predicted molar refractivity (Wildman–Crippen MR) is 30.8 cm³/mol. The van der Waals surface area contributed by atoms with Crippen LogP contribution in [-0.2, 0) is 4.18 Å². The fraction of sp³-hybridized carbons (Fsp3) is 0.600. The van der Waals surface area contributed by atoms with E-state index >= 15 is 0 Å². The van der Waals surface area contributed by atoms with E-state index in [1.54, 1.807) is 0 Å². The summed E-state index contributed by atoms with van der Waals surface area (Å²) in [6, 6.07) is 0. The molecule has 0 aromatic carbocycles. The van der Waals surface area contributed by atoms with Gasteiger partial charge in [-0.1, -0.05) is 5.92 Å². The van der Waals surface area contributed by atoms with E-state index in [0.717, 1.165) is 12.2 Å². The van der Waals surface area contributed by atoms with Crippen LogP contribution in [0.15, 0.2) is 0 Å². The molecule has 1 aliphatic heterocycles. The van der Waals surface area contributed by atoms with E-state index in [1.807, 2.05) is 0 Å². The second kappa shape index (κ2) is 2.25. The summed E-state index contributed by atoms with van der Waals surface area (Å²) in [5.41, 5.74) is 0. The highest BCUT2D eigenvalue weighted by molar-refractivity contribution is 7.94. The predicted octanol–water partition coefficient (Wildman–Crippen LogP) is 1.06. The fourth-order valence-corrected chi connectivity index (χ4v) is 1.17. The molecule has 0 aromatic rings. The lowest BCUT2D eigenvalue weighted by Gasteiger charge is -1.91. The van der Waals surface area contributed by atoms with E-state index < -0.39 is 0 Å². The number of terminal acetylenes is 1. The number of hydrogen-bond donors (Lipinski definition) is 0. The Bertz CT molecular complexity index is 88.7. The Balaban J connectivity index is 2.31. The van der Waals surface area contributed by atoms with Crippen LogP contribution in [0.5, 0.6) is 0 Å². The quantitative estimate of drug-likeness (QED) is 0.344. The molecule has 1 rings (SSSR count). The van der Waals surface area contributed by atoms with E-state index in [-0.39, 0.29) is 6.10 Å². The molecule has 1 saturated heterocycles. The lowest BCUT2D eigenvalue weighted by Crippen LogP contribution is -1.96. The van der Waals surface area contributed by atoms with Crippen molar-refractivity contribution in [1.82, 2.24) is 0 Å². The highest BCUT2D eigenvalue weighted by atomic mass is 32.2. The maximum Gasteiger partial charge on any atom is 0.133 e. The van der Waals surface area contributed by atoms with E-state index in [0.29, 0.717) is 0 Å². The van der Waals surface area contributed by atoms with Crippen LogP contribution in [0.4, 0.5) is 0 Å². The SMILES string of the molecule is C#CC1CCSO1. The third-order valence-electron chi connectivity index (χ3n) is 0.833. The van der Waals surface area contributed by atoms with Crippen LogP contribution >= 0.6 is 12.0 Å². The summed E-state index contributed by atoms with van der Waals surface area (Å²) >= 11 is 1.46. The highest BCUT2D eigenvalue weighted by Crippen LogP contribution is 2.19. The van der Waals surface area contributed by atoms with Gasteiger partial charge in [-0.3, -0.25) is 4.18 Å². The van der Waals surface area contributed by atoms with Crippen molar-refractivity contribution in [2.75, 3.05) is 5.75 Å². The van der Waals surface area contributed by atoms with Gasteiger partial charge < -0.3 is 0 Å². The van der Waals surface area contributed by atoms with Crippen LogP contribution in [0.25, 0.3) is 0 Å². The largest absolute Gasteiger partial charge is 0.299 e. The summed E-state index contributed by atoms with van der Waals surface area (Å²) in [4.78, 5) is 0. The zero-order valence-electron chi connectivity index (χ0n) is 3.89. The average Bonchev–Trinajstić information content (AvgIpc) is 2.14. The molecule has 0 N–H and O–H groups in total. The molecule has 1 atom stereocenters. The fourth-order valence-electron chi connectivity index (χ4n) is 0.445. The van der Waals surface area contributed by atoms with E-state index in [2.05, 4.69) is 5.92 Å². The zero-order chi connectivity index (χ0) is 5.11. The second-order valence-electron chi connectivity index (χ2n) is 1.36. The van der Waals surface area contributed by atoms with Crippen LogP contribution in [0.3, 0.4) is 0 Å². The minimum absolute atomic E-state index is 0.0880. The molecule has 1 fully saturated rings. The van der Waals surface area contributed by atoms with Crippen molar-refractivity contribution in [3.05, 3.63) is 0 Å². The summed E-state index contributed by atoms with van der Waals surface area (Å²) < 4.78 is 4.98. The minimum Gasteiger partial charge on any atom is -0.299 e. The van der Waals surface area contributed by atoms with Crippen LogP contribution in [-0.4, -0.2) is 11.9 Å². The first kappa shape index (κ1) is 5.02. The first-order valence-electron chi connectivity index (χ1n) is 2.18. The van der Waals surface area contributed by atoms with E-state index in [1.165, 1.54) is 12.0 Å². The summed E-state index contributed by atoms with van der Waals surface area (Å²) in [5, 5.41) is 0. The van der Waals surface area contributed by atoms with Crippen molar-refractivity contribution in [2.24, 2.45) is 0 Å². The Labute approximate surface area is 47.6 Å². The molecule has 1 aliphatic rings. The summed E-state index contributed by atoms with van der Waals surface area (Å²) in [5.74, 6) is 3.57. The third kappa shape index (κ3) is 1.12. The molecule has 0 bridgehead atoms.